The first kappa shape index (κ1) is 11.1. The molecule has 92 valence electrons. The highest BCUT2D eigenvalue weighted by molar-refractivity contribution is 5.59. The Hall–Kier alpha value is -2.03. The third-order valence-electron chi connectivity index (χ3n) is 3.37. The topological polar surface area (TPSA) is 21.3 Å². The molecule has 1 heterocycles. The summed E-state index contributed by atoms with van der Waals surface area (Å²) < 4.78 is 19.0. The lowest BCUT2D eigenvalue weighted by atomic mass is 10.0. The second-order valence-corrected chi connectivity index (χ2v) is 4.41. The molecule has 18 heavy (non-hydrogen) atoms. The number of hydrogen-bond donors (Lipinski definition) is 1. The first-order valence-corrected chi connectivity index (χ1v) is 5.96. The number of para-hydroxylation sites is 1. The van der Waals surface area contributed by atoms with E-state index < -0.39 is 0 Å². The van der Waals surface area contributed by atoms with Gasteiger partial charge in [0.25, 0.3) is 0 Å². The van der Waals surface area contributed by atoms with Crippen molar-refractivity contribution in [1.82, 2.24) is 0 Å². The summed E-state index contributed by atoms with van der Waals surface area (Å²) >= 11 is 0. The van der Waals surface area contributed by atoms with E-state index >= 15 is 0 Å². The Morgan fingerprint density at radius 2 is 2.00 bits per heavy atom. The number of methoxy groups -OCH3 is 1. The Kier molecular flexibility index (Phi) is 2.67. The minimum atomic E-state index is -0.141. The summed E-state index contributed by atoms with van der Waals surface area (Å²) in [5, 5.41) is 3.35. The van der Waals surface area contributed by atoms with Gasteiger partial charge in [-0.05, 0) is 18.2 Å². The molecule has 0 aliphatic carbocycles. The minimum absolute atomic E-state index is 0.0769. The lowest BCUT2D eigenvalue weighted by Gasteiger charge is -2.15. The number of fused-ring (bicyclic) bond motifs is 1. The number of ether oxygens (including phenoxy) is 1. The molecule has 0 bridgehead atoms. The van der Waals surface area contributed by atoms with Crippen LogP contribution in [0.3, 0.4) is 0 Å². The predicted octanol–water partition coefficient (Wildman–Crippen LogP) is 3.54. The Labute approximate surface area is 105 Å². The number of hydrogen-bond acceptors (Lipinski definition) is 2. The van der Waals surface area contributed by atoms with Gasteiger partial charge in [-0.1, -0.05) is 24.3 Å². The van der Waals surface area contributed by atoms with Crippen LogP contribution in [0.15, 0.2) is 42.5 Å². The van der Waals surface area contributed by atoms with Crippen LogP contribution in [0.2, 0.25) is 0 Å². The average Bonchev–Trinajstić information content (AvgIpc) is 2.84. The van der Waals surface area contributed by atoms with Crippen molar-refractivity contribution in [3.8, 4) is 5.75 Å². The number of rotatable bonds is 2. The molecule has 1 aliphatic rings. The van der Waals surface area contributed by atoms with Crippen molar-refractivity contribution in [2.75, 3.05) is 12.4 Å². The van der Waals surface area contributed by atoms with Gasteiger partial charge in [0.15, 0.2) is 0 Å². The molecule has 0 aromatic heterocycles. The van der Waals surface area contributed by atoms with Crippen molar-refractivity contribution in [3.63, 3.8) is 0 Å². The molecule has 0 saturated heterocycles. The molecule has 3 heteroatoms. The van der Waals surface area contributed by atoms with Gasteiger partial charge in [-0.15, -0.1) is 0 Å². The highest BCUT2D eigenvalue weighted by atomic mass is 19.1. The summed E-state index contributed by atoms with van der Waals surface area (Å²) in [6, 6.07) is 13.1. The maximum Gasteiger partial charge on any atom is 0.128 e. The van der Waals surface area contributed by atoms with Crippen LogP contribution in [0.4, 0.5) is 10.1 Å². The second-order valence-electron chi connectivity index (χ2n) is 4.41. The van der Waals surface area contributed by atoms with E-state index in [9.17, 15) is 4.39 Å². The number of anilines is 1. The van der Waals surface area contributed by atoms with Crippen molar-refractivity contribution in [1.29, 1.82) is 0 Å². The fourth-order valence-corrected chi connectivity index (χ4v) is 2.49. The monoisotopic (exact) mass is 243 g/mol. The van der Waals surface area contributed by atoms with Crippen molar-refractivity contribution in [3.05, 3.63) is 59.4 Å². The van der Waals surface area contributed by atoms with Gasteiger partial charge in [0.2, 0.25) is 0 Å². The molecule has 2 aromatic carbocycles. The average molecular weight is 243 g/mol. The van der Waals surface area contributed by atoms with Crippen LogP contribution in [-0.2, 0) is 6.42 Å². The number of halogens is 1. The molecule has 1 atom stereocenters. The molecule has 0 amide bonds. The first-order valence-electron chi connectivity index (χ1n) is 5.96. The Morgan fingerprint density at radius 3 is 2.78 bits per heavy atom. The van der Waals surface area contributed by atoms with Crippen LogP contribution in [0, 0.1) is 5.82 Å². The van der Waals surface area contributed by atoms with Crippen LogP contribution in [0.25, 0.3) is 0 Å². The fourth-order valence-electron chi connectivity index (χ4n) is 2.49. The van der Waals surface area contributed by atoms with Gasteiger partial charge in [0, 0.05) is 23.2 Å². The van der Waals surface area contributed by atoms with E-state index in [2.05, 4.69) is 5.32 Å². The highest BCUT2D eigenvalue weighted by Gasteiger charge is 2.26. The normalized spacial score (nSPS) is 17.1. The van der Waals surface area contributed by atoms with Crippen LogP contribution in [0.5, 0.6) is 5.75 Å². The van der Waals surface area contributed by atoms with Gasteiger partial charge in [0.1, 0.15) is 11.6 Å². The second kappa shape index (κ2) is 4.33. The summed E-state index contributed by atoms with van der Waals surface area (Å²) in [4.78, 5) is 0. The van der Waals surface area contributed by atoms with Gasteiger partial charge in [-0.25, -0.2) is 4.39 Å². The molecule has 2 nitrogen and oxygen atoms in total. The highest BCUT2D eigenvalue weighted by Crippen LogP contribution is 2.38. The van der Waals surface area contributed by atoms with E-state index in [-0.39, 0.29) is 11.9 Å². The summed E-state index contributed by atoms with van der Waals surface area (Å²) in [6.07, 6.45) is 0.655. The van der Waals surface area contributed by atoms with Crippen LogP contribution >= 0.6 is 0 Å². The van der Waals surface area contributed by atoms with Crippen molar-refractivity contribution in [2.24, 2.45) is 0 Å². The molecule has 1 unspecified atom stereocenters. The maximum atomic E-state index is 13.7. The zero-order valence-corrected chi connectivity index (χ0v) is 10.1. The molecule has 2 aromatic rings. The third-order valence-corrected chi connectivity index (χ3v) is 3.37. The molecular formula is C15H14FNO. The molecular weight excluding hydrogens is 229 g/mol. The van der Waals surface area contributed by atoms with E-state index in [1.54, 1.807) is 13.2 Å². The third kappa shape index (κ3) is 1.72. The lowest BCUT2D eigenvalue weighted by Crippen LogP contribution is -2.07. The smallest absolute Gasteiger partial charge is 0.128 e. The Bertz CT molecular complexity index is 582. The summed E-state index contributed by atoms with van der Waals surface area (Å²) in [6.45, 7) is 0. The molecule has 0 fully saturated rings. The quantitative estimate of drug-likeness (QED) is 0.871. The zero-order chi connectivity index (χ0) is 12.5. The molecule has 0 spiro atoms. The van der Waals surface area contributed by atoms with E-state index in [1.165, 1.54) is 6.07 Å². The van der Waals surface area contributed by atoms with E-state index in [0.29, 0.717) is 6.42 Å². The SMILES string of the molecule is COc1ccccc1C1Cc2c(F)cccc2N1. The van der Waals surface area contributed by atoms with E-state index in [4.69, 9.17) is 4.74 Å². The summed E-state index contributed by atoms with van der Waals surface area (Å²) in [5.41, 5.74) is 2.70. The molecule has 3 rings (SSSR count). The van der Waals surface area contributed by atoms with Gasteiger partial charge in [0.05, 0.1) is 13.2 Å². The fraction of sp³-hybridized carbons (Fsp3) is 0.200. The van der Waals surface area contributed by atoms with Gasteiger partial charge >= 0.3 is 0 Å². The van der Waals surface area contributed by atoms with Crippen molar-refractivity contribution >= 4 is 5.69 Å². The number of benzene rings is 2. The van der Waals surface area contributed by atoms with Crippen molar-refractivity contribution < 1.29 is 9.13 Å². The Morgan fingerprint density at radius 1 is 1.17 bits per heavy atom. The molecule has 0 saturated carbocycles. The summed E-state index contributed by atoms with van der Waals surface area (Å²) in [7, 11) is 1.65. The minimum Gasteiger partial charge on any atom is -0.496 e. The largest absolute Gasteiger partial charge is 0.496 e. The van der Waals surface area contributed by atoms with Gasteiger partial charge < -0.3 is 10.1 Å². The van der Waals surface area contributed by atoms with E-state index in [0.717, 1.165) is 22.6 Å². The molecule has 0 radical (unpaired) electrons. The molecule has 1 aliphatic heterocycles. The van der Waals surface area contributed by atoms with Crippen LogP contribution in [-0.4, -0.2) is 7.11 Å². The predicted molar refractivity (Wildman–Crippen MR) is 69.5 cm³/mol. The van der Waals surface area contributed by atoms with E-state index in [1.807, 2.05) is 30.3 Å². The molecule has 1 N–H and O–H groups in total. The van der Waals surface area contributed by atoms with Crippen LogP contribution in [0.1, 0.15) is 17.2 Å². The van der Waals surface area contributed by atoms with Gasteiger partial charge in [-0.2, -0.15) is 0 Å². The standard InChI is InChI=1S/C15H14FNO/c1-18-15-8-3-2-5-10(15)14-9-11-12(16)6-4-7-13(11)17-14/h2-8,14,17H,9H2,1H3. The first-order chi connectivity index (χ1) is 8.79. The maximum absolute atomic E-state index is 13.7. The lowest BCUT2D eigenvalue weighted by molar-refractivity contribution is 0.407. The number of nitrogens with one attached hydrogen (secondary N) is 1. The summed E-state index contributed by atoms with van der Waals surface area (Å²) in [5.74, 6) is 0.695. The Balaban J connectivity index is 1.96. The zero-order valence-electron chi connectivity index (χ0n) is 10.1. The van der Waals surface area contributed by atoms with Gasteiger partial charge in [-0.3, -0.25) is 0 Å². The van der Waals surface area contributed by atoms with Crippen molar-refractivity contribution in [2.45, 2.75) is 12.5 Å². The van der Waals surface area contributed by atoms with Crippen LogP contribution < -0.4 is 10.1 Å².